The van der Waals surface area contributed by atoms with Crippen molar-refractivity contribution in [2.45, 2.75) is 18.9 Å². The van der Waals surface area contributed by atoms with E-state index in [0.29, 0.717) is 23.2 Å². The van der Waals surface area contributed by atoms with Crippen LogP contribution in [0.4, 0.5) is 5.00 Å². The predicted molar refractivity (Wildman–Crippen MR) is 76.2 cm³/mol. The van der Waals surface area contributed by atoms with Crippen molar-refractivity contribution >= 4 is 22.2 Å². The van der Waals surface area contributed by atoms with Gasteiger partial charge >= 0.3 is 0 Å². The van der Waals surface area contributed by atoms with Crippen LogP contribution in [0.1, 0.15) is 18.4 Å². The second kappa shape index (κ2) is 6.66. The summed E-state index contributed by atoms with van der Waals surface area (Å²) >= 11 is 1.38. The van der Waals surface area contributed by atoms with Crippen molar-refractivity contribution in [1.82, 2.24) is 10.2 Å². The normalized spacial score (nSPS) is 18.5. The van der Waals surface area contributed by atoms with E-state index < -0.39 is 0 Å². The zero-order valence-electron chi connectivity index (χ0n) is 11.0. The molecule has 5 nitrogen and oxygen atoms in total. The molecule has 0 spiro atoms. The maximum atomic E-state index is 11.9. The summed E-state index contributed by atoms with van der Waals surface area (Å²) in [7, 11) is 1.94. The molecule has 19 heavy (non-hydrogen) atoms. The third-order valence-electron chi connectivity index (χ3n) is 3.15. The molecule has 1 aliphatic rings. The second-order valence-corrected chi connectivity index (χ2v) is 5.73. The minimum Gasteiger partial charge on any atom is -0.315 e. The fourth-order valence-electron chi connectivity index (χ4n) is 2.26. The Labute approximate surface area is 117 Å². The molecule has 0 saturated carbocycles. The summed E-state index contributed by atoms with van der Waals surface area (Å²) in [6.45, 7) is 2.30. The van der Waals surface area contributed by atoms with Crippen LogP contribution in [0, 0.1) is 11.3 Å². The zero-order chi connectivity index (χ0) is 13.7. The Morgan fingerprint density at radius 1 is 1.74 bits per heavy atom. The van der Waals surface area contributed by atoms with Gasteiger partial charge in [0.25, 0.3) is 0 Å². The van der Waals surface area contributed by atoms with Crippen molar-refractivity contribution in [3.63, 3.8) is 0 Å². The molecule has 1 atom stereocenters. The number of hydrogen-bond donors (Lipinski definition) is 2. The Hall–Kier alpha value is -1.42. The van der Waals surface area contributed by atoms with E-state index in [1.165, 1.54) is 24.2 Å². The molecule has 0 aromatic carbocycles. The van der Waals surface area contributed by atoms with Crippen molar-refractivity contribution in [3.8, 4) is 6.07 Å². The first-order chi connectivity index (χ1) is 9.19. The Balaban J connectivity index is 1.79. The van der Waals surface area contributed by atoms with Crippen LogP contribution in [-0.4, -0.2) is 43.5 Å². The van der Waals surface area contributed by atoms with Crippen LogP contribution in [-0.2, 0) is 4.79 Å². The number of thiophene rings is 1. The number of nitriles is 1. The Morgan fingerprint density at radius 3 is 3.26 bits per heavy atom. The lowest BCUT2D eigenvalue weighted by Crippen LogP contribution is -2.39. The molecular formula is C13H18N4OS. The SMILES string of the molecule is CN(CC(=O)Nc1sccc1C#N)CC1CCCN1. The van der Waals surface area contributed by atoms with Crippen molar-refractivity contribution in [2.75, 3.05) is 32.0 Å². The maximum Gasteiger partial charge on any atom is 0.239 e. The lowest BCUT2D eigenvalue weighted by molar-refractivity contribution is -0.117. The zero-order valence-corrected chi connectivity index (χ0v) is 11.8. The predicted octanol–water partition coefficient (Wildman–Crippen LogP) is 1.24. The second-order valence-electron chi connectivity index (χ2n) is 4.81. The van der Waals surface area contributed by atoms with Crippen LogP contribution in [0.25, 0.3) is 0 Å². The lowest BCUT2D eigenvalue weighted by atomic mass is 10.2. The van der Waals surface area contributed by atoms with Gasteiger partial charge in [-0.25, -0.2) is 0 Å². The molecule has 0 bridgehead atoms. The number of amides is 1. The number of rotatable bonds is 5. The number of carbonyl (C=O) groups excluding carboxylic acids is 1. The maximum absolute atomic E-state index is 11.9. The summed E-state index contributed by atoms with van der Waals surface area (Å²) in [6, 6.07) is 4.27. The van der Waals surface area contributed by atoms with E-state index in [-0.39, 0.29) is 5.91 Å². The molecule has 6 heteroatoms. The molecule has 1 amide bonds. The minimum atomic E-state index is -0.0700. The monoisotopic (exact) mass is 278 g/mol. The van der Waals surface area contributed by atoms with Crippen molar-refractivity contribution in [3.05, 3.63) is 17.0 Å². The van der Waals surface area contributed by atoms with Crippen LogP contribution >= 0.6 is 11.3 Å². The summed E-state index contributed by atoms with van der Waals surface area (Å²) in [5.74, 6) is -0.0700. The molecule has 1 saturated heterocycles. The molecule has 2 heterocycles. The fourth-order valence-corrected chi connectivity index (χ4v) is 3.01. The van der Waals surface area contributed by atoms with Gasteiger partial charge in [0.05, 0.1) is 12.1 Å². The third-order valence-corrected chi connectivity index (χ3v) is 3.98. The number of carbonyl (C=O) groups is 1. The Kier molecular flexibility index (Phi) is 4.91. The number of hydrogen-bond acceptors (Lipinski definition) is 5. The van der Waals surface area contributed by atoms with Crippen molar-refractivity contribution in [1.29, 1.82) is 5.26 Å². The van der Waals surface area contributed by atoms with Crippen molar-refractivity contribution < 1.29 is 4.79 Å². The van der Waals surface area contributed by atoms with Gasteiger partial charge in [-0.1, -0.05) is 0 Å². The van der Waals surface area contributed by atoms with Gasteiger partial charge in [-0.15, -0.1) is 11.3 Å². The van der Waals surface area contributed by atoms with E-state index in [9.17, 15) is 4.79 Å². The molecule has 2 rings (SSSR count). The van der Waals surface area contributed by atoms with Crippen LogP contribution in [0.3, 0.4) is 0 Å². The van der Waals surface area contributed by atoms with Crippen molar-refractivity contribution in [2.24, 2.45) is 0 Å². The molecule has 1 unspecified atom stereocenters. The molecule has 1 fully saturated rings. The van der Waals surface area contributed by atoms with E-state index in [1.54, 1.807) is 11.4 Å². The van der Waals surface area contributed by atoms with Crippen LogP contribution < -0.4 is 10.6 Å². The van der Waals surface area contributed by atoms with E-state index in [2.05, 4.69) is 16.7 Å². The number of nitrogens with one attached hydrogen (secondary N) is 2. The molecule has 0 radical (unpaired) electrons. The average Bonchev–Trinajstić information content (AvgIpc) is 2.99. The molecule has 102 valence electrons. The first-order valence-corrected chi connectivity index (χ1v) is 7.26. The van der Waals surface area contributed by atoms with E-state index in [4.69, 9.17) is 5.26 Å². The van der Waals surface area contributed by atoms with E-state index in [0.717, 1.165) is 13.1 Å². The molecule has 0 aliphatic carbocycles. The average molecular weight is 278 g/mol. The highest BCUT2D eigenvalue weighted by molar-refractivity contribution is 7.14. The van der Waals surface area contributed by atoms with Gasteiger partial charge in [-0.05, 0) is 37.9 Å². The third kappa shape index (κ3) is 4.03. The summed E-state index contributed by atoms with van der Waals surface area (Å²) in [5, 5.41) is 17.5. The van der Waals surface area contributed by atoms with Gasteiger partial charge in [-0.3, -0.25) is 9.69 Å². The summed E-state index contributed by atoms with van der Waals surface area (Å²) in [5.41, 5.74) is 0.526. The summed E-state index contributed by atoms with van der Waals surface area (Å²) < 4.78 is 0. The number of nitrogens with zero attached hydrogens (tertiary/aromatic N) is 2. The fraction of sp³-hybridized carbons (Fsp3) is 0.538. The van der Waals surface area contributed by atoms with E-state index >= 15 is 0 Å². The first kappa shape index (κ1) is 14.0. The van der Waals surface area contributed by atoms with Gasteiger partial charge in [0.2, 0.25) is 5.91 Å². The lowest BCUT2D eigenvalue weighted by Gasteiger charge is -2.20. The molecule has 1 aliphatic heterocycles. The summed E-state index contributed by atoms with van der Waals surface area (Å²) in [4.78, 5) is 13.9. The quantitative estimate of drug-likeness (QED) is 0.850. The van der Waals surface area contributed by atoms with Gasteiger partial charge in [0.15, 0.2) is 0 Å². The highest BCUT2D eigenvalue weighted by Gasteiger charge is 2.17. The minimum absolute atomic E-state index is 0.0700. The van der Waals surface area contributed by atoms with Gasteiger partial charge in [-0.2, -0.15) is 5.26 Å². The Morgan fingerprint density at radius 2 is 2.58 bits per heavy atom. The van der Waals surface area contributed by atoms with Crippen LogP contribution in [0.5, 0.6) is 0 Å². The first-order valence-electron chi connectivity index (χ1n) is 6.38. The molecular weight excluding hydrogens is 260 g/mol. The topological polar surface area (TPSA) is 68.2 Å². The highest BCUT2D eigenvalue weighted by atomic mass is 32.1. The number of anilines is 1. The van der Waals surface area contributed by atoms with Gasteiger partial charge < -0.3 is 10.6 Å². The number of likely N-dealkylation sites (N-methyl/N-ethyl adjacent to an activating group) is 1. The van der Waals surface area contributed by atoms with Gasteiger partial charge in [0.1, 0.15) is 11.1 Å². The molecule has 2 N–H and O–H groups in total. The smallest absolute Gasteiger partial charge is 0.239 e. The molecule has 1 aromatic heterocycles. The van der Waals surface area contributed by atoms with Crippen LogP contribution in [0.15, 0.2) is 11.4 Å². The van der Waals surface area contributed by atoms with Crippen LogP contribution in [0.2, 0.25) is 0 Å². The molecule has 1 aromatic rings. The largest absolute Gasteiger partial charge is 0.315 e. The highest BCUT2D eigenvalue weighted by Crippen LogP contribution is 2.21. The Bertz CT molecular complexity index is 473. The summed E-state index contributed by atoms with van der Waals surface area (Å²) in [6.07, 6.45) is 2.39. The van der Waals surface area contributed by atoms with Gasteiger partial charge in [0, 0.05) is 12.6 Å². The standard InChI is InChI=1S/C13H18N4OS/c1-17(8-11-3-2-5-15-11)9-12(18)16-13-10(7-14)4-6-19-13/h4,6,11,15H,2-3,5,8-9H2,1H3,(H,16,18). The van der Waals surface area contributed by atoms with E-state index in [1.807, 2.05) is 11.9 Å².